The van der Waals surface area contributed by atoms with E-state index < -0.39 is 17.3 Å². The summed E-state index contributed by atoms with van der Waals surface area (Å²) in [4.78, 5) is 39.9. The number of carbonyl (C=O) groups excluding carboxylic acids is 2. The van der Waals surface area contributed by atoms with Crippen LogP contribution in [-0.2, 0) is 11.3 Å². The van der Waals surface area contributed by atoms with Gasteiger partial charge in [-0.3, -0.25) is 4.79 Å². The molecule has 10 heteroatoms. The Morgan fingerprint density at radius 1 is 1.09 bits per heavy atom. The number of hydrogen-bond donors (Lipinski definition) is 0. The number of esters is 1. The van der Waals surface area contributed by atoms with E-state index >= 15 is 0 Å². The molecule has 44 heavy (non-hydrogen) atoms. The third-order valence-corrected chi connectivity index (χ3v) is 9.40. The van der Waals surface area contributed by atoms with Crippen LogP contribution in [0.25, 0.3) is 22.2 Å². The van der Waals surface area contributed by atoms with Crippen molar-refractivity contribution in [2.24, 2.45) is 5.92 Å². The molecule has 1 aliphatic heterocycles. The van der Waals surface area contributed by atoms with E-state index in [4.69, 9.17) is 26.3 Å². The summed E-state index contributed by atoms with van der Waals surface area (Å²) in [5.41, 5.74) is 4.09. The molecular weight excluding hydrogens is 581 g/mol. The van der Waals surface area contributed by atoms with Gasteiger partial charge in [-0.15, -0.1) is 0 Å². The van der Waals surface area contributed by atoms with Crippen LogP contribution in [0.4, 0.5) is 10.2 Å². The van der Waals surface area contributed by atoms with Gasteiger partial charge in [0.2, 0.25) is 0 Å². The molecule has 2 fully saturated rings. The molecule has 0 N–H and O–H groups in total. The Morgan fingerprint density at radius 2 is 1.86 bits per heavy atom. The van der Waals surface area contributed by atoms with Crippen LogP contribution in [0.2, 0.25) is 5.02 Å². The molecule has 0 atom stereocenters. The number of aromatic nitrogens is 3. The smallest absolute Gasteiger partial charge is 0.339 e. The number of halogens is 2. The van der Waals surface area contributed by atoms with E-state index in [0.29, 0.717) is 42.5 Å². The van der Waals surface area contributed by atoms with Gasteiger partial charge in [0.25, 0.3) is 5.91 Å². The number of methoxy groups -OCH3 is 1. The van der Waals surface area contributed by atoms with Crippen molar-refractivity contribution in [3.8, 4) is 11.1 Å². The van der Waals surface area contributed by atoms with Crippen molar-refractivity contribution < 1.29 is 18.7 Å². The number of benzene rings is 1. The molecule has 0 bridgehead atoms. The number of nitrogens with zero attached hydrogens (tertiary/aromatic N) is 5. The topological polar surface area (TPSA) is 80.6 Å². The maximum absolute atomic E-state index is 14.4. The van der Waals surface area contributed by atoms with Gasteiger partial charge in [0.15, 0.2) is 0 Å². The van der Waals surface area contributed by atoms with E-state index in [0.717, 1.165) is 40.1 Å². The third-order valence-electron chi connectivity index (χ3n) is 9.10. The minimum Gasteiger partial charge on any atom is -0.465 e. The number of rotatable bonds is 6. The van der Waals surface area contributed by atoms with Crippen molar-refractivity contribution >= 4 is 40.3 Å². The van der Waals surface area contributed by atoms with Crippen molar-refractivity contribution in [3.63, 3.8) is 0 Å². The van der Waals surface area contributed by atoms with Crippen molar-refractivity contribution in [1.29, 1.82) is 0 Å². The second-order valence-electron chi connectivity index (χ2n) is 12.6. The van der Waals surface area contributed by atoms with E-state index in [1.165, 1.54) is 32.4 Å². The quantitative estimate of drug-likeness (QED) is 0.221. The van der Waals surface area contributed by atoms with Crippen LogP contribution in [0.1, 0.15) is 65.2 Å². The lowest BCUT2D eigenvalue weighted by molar-refractivity contribution is 0.0506. The van der Waals surface area contributed by atoms with Gasteiger partial charge in [0.05, 0.1) is 28.9 Å². The standard InChI is InChI=1S/C34H37ClFN5O3/c1-20-15-29(37-21(2)30(20)33(43)44-5)39-13-14-41(34(3,4)19-39)32(42)28-12-10-24-25(23-9-11-26(35)27(36)16-23)18-40(31(24)38-28)17-22-7-6-8-22/h9-12,15-16,18,22H,6-8,13-14,17,19H2,1-5H3. The maximum atomic E-state index is 14.4. The molecule has 4 heterocycles. The fraction of sp³-hybridized carbons (Fsp3) is 0.412. The summed E-state index contributed by atoms with van der Waals surface area (Å²) in [5.74, 6) is 0.340. The van der Waals surface area contributed by atoms with E-state index in [9.17, 15) is 14.0 Å². The van der Waals surface area contributed by atoms with Crippen LogP contribution in [0.5, 0.6) is 0 Å². The van der Waals surface area contributed by atoms with Crippen LogP contribution in [0.15, 0.2) is 42.6 Å². The zero-order valence-corrected chi connectivity index (χ0v) is 26.5. The molecule has 1 amide bonds. The number of aryl methyl sites for hydroxylation is 2. The summed E-state index contributed by atoms with van der Waals surface area (Å²) < 4.78 is 21.5. The average molecular weight is 618 g/mol. The summed E-state index contributed by atoms with van der Waals surface area (Å²) in [5, 5.41) is 0.957. The van der Waals surface area contributed by atoms with E-state index in [2.05, 4.69) is 9.47 Å². The largest absolute Gasteiger partial charge is 0.465 e. The number of fused-ring (bicyclic) bond motifs is 1. The Balaban J connectivity index is 1.29. The number of anilines is 1. The Bertz CT molecular complexity index is 1760. The summed E-state index contributed by atoms with van der Waals surface area (Å²) >= 11 is 5.96. The highest BCUT2D eigenvalue weighted by molar-refractivity contribution is 6.30. The summed E-state index contributed by atoms with van der Waals surface area (Å²) in [6.07, 6.45) is 5.58. The number of amides is 1. The molecule has 1 aromatic carbocycles. The SMILES string of the molecule is COC(=O)c1c(C)cc(N2CCN(C(=O)c3ccc4c(-c5ccc(Cl)c(F)c5)cn(CC5CCC5)c4n3)C(C)(C)C2)nc1C. The van der Waals surface area contributed by atoms with Gasteiger partial charge in [-0.05, 0) is 87.9 Å². The first kappa shape index (κ1) is 30.1. The third kappa shape index (κ3) is 5.42. The molecule has 1 saturated carbocycles. The van der Waals surface area contributed by atoms with E-state index in [1.807, 2.05) is 57.0 Å². The second kappa shape index (κ2) is 11.5. The molecule has 0 spiro atoms. The molecule has 1 aliphatic carbocycles. The molecule has 2 aliphatic rings. The van der Waals surface area contributed by atoms with Crippen LogP contribution >= 0.6 is 11.6 Å². The molecule has 6 rings (SSSR count). The van der Waals surface area contributed by atoms with Crippen LogP contribution in [-0.4, -0.2) is 63.6 Å². The highest BCUT2D eigenvalue weighted by Gasteiger charge is 2.38. The number of hydrogen-bond acceptors (Lipinski definition) is 6. The average Bonchev–Trinajstić information content (AvgIpc) is 3.32. The van der Waals surface area contributed by atoms with Crippen molar-refractivity contribution in [2.45, 2.75) is 59.0 Å². The number of carbonyl (C=O) groups is 2. The zero-order chi connectivity index (χ0) is 31.3. The number of pyridine rings is 2. The van der Waals surface area contributed by atoms with Crippen molar-refractivity contribution in [2.75, 3.05) is 31.6 Å². The lowest BCUT2D eigenvalue weighted by Gasteiger charge is -2.47. The Labute approximate surface area is 261 Å². The molecular formula is C34H37ClFN5O3. The molecule has 0 radical (unpaired) electrons. The summed E-state index contributed by atoms with van der Waals surface area (Å²) in [6, 6.07) is 10.4. The van der Waals surface area contributed by atoms with Crippen molar-refractivity contribution in [3.05, 3.63) is 75.9 Å². The maximum Gasteiger partial charge on any atom is 0.339 e. The van der Waals surface area contributed by atoms with Gasteiger partial charge in [-0.2, -0.15) is 0 Å². The summed E-state index contributed by atoms with van der Waals surface area (Å²) in [6.45, 7) is 10.2. The van der Waals surface area contributed by atoms with Gasteiger partial charge in [0.1, 0.15) is 23.0 Å². The van der Waals surface area contributed by atoms with Crippen LogP contribution < -0.4 is 4.90 Å². The highest BCUT2D eigenvalue weighted by atomic mass is 35.5. The molecule has 0 unspecified atom stereocenters. The minimum absolute atomic E-state index is 0.0833. The second-order valence-corrected chi connectivity index (χ2v) is 13.0. The molecule has 8 nitrogen and oxygen atoms in total. The molecule has 4 aromatic rings. The van der Waals surface area contributed by atoms with E-state index in [-0.39, 0.29) is 10.9 Å². The number of piperazine rings is 1. The molecule has 1 saturated heterocycles. The fourth-order valence-corrected chi connectivity index (χ4v) is 6.64. The fourth-order valence-electron chi connectivity index (χ4n) is 6.52. The van der Waals surface area contributed by atoms with Crippen molar-refractivity contribution in [1.82, 2.24) is 19.4 Å². The monoisotopic (exact) mass is 617 g/mol. The van der Waals surface area contributed by atoms with Gasteiger partial charge in [-0.25, -0.2) is 19.2 Å². The zero-order valence-electron chi connectivity index (χ0n) is 25.8. The molecule has 3 aromatic heterocycles. The minimum atomic E-state index is -0.517. The Kier molecular flexibility index (Phi) is 7.86. The van der Waals surface area contributed by atoms with Gasteiger partial charge >= 0.3 is 5.97 Å². The first-order chi connectivity index (χ1) is 21.0. The van der Waals surface area contributed by atoms with Gasteiger partial charge in [-0.1, -0.05) is 24.1 Å². The lowest BCUT2D eigenvalue weighted by Crippen LogP contribution is -2.61. The Morgan fingerprint density at radius 3 is 2.50 bits per heavy atom. The van der Waals surface area contributed by atoms with Crippen LogP contribution in [0, 0.1) is 25.6 Å². The van der Waals surface area contributed by atoms with E-state index in [1.54, 1.807) is 12.1 Å². The normalized spacial score (nSPS) is 16.7. The first-order valence-corrected chi connectivity index (χ1v) is 15.4. The van der Waals surface area contributed by atoms with Gasteiger partial charge in [0, 0.05) is 43.3 Å². The predicted molar refractivity (Wildman–Crippen MR) is 170 cm³/mol. The highest BCUT2D eigenvalue weighted by Crippen LogP contribution is 2.36. The number of ether oxygens (including phenoxy) is 1. The predicted octanol–water partition coefficient (Wildman–Crippen LogP) is 6.84. The first-order valence-electron chi connectivity index (χ1n) is 15.1. The summed E-state index contributed by atoms with van der Waals surface area (Å²) in [7, 11) is 1.37. The molecule has 230 valence electrons. The van der Waals surface area contributed by atoms with Crippen LogP contribution in [0.3, 0.4) is 0 Å². The lowest BCUT2D eigenvalue weighted by atomic mass is 9.85. The van der Waals surface area contributed by atoms with Gasteiger partial charge < -0.3 is 19.1 Å². The Hall–Kier alpha value is -3.98.